The molecule has 0 bridgehead atoms. The summed E-state index contributed by atoms with van der Waals surface area (Å²) in [5.74, 6) is -0.0643. The van der Waals surface area contributed by atoms with Crippen molar-refractivity contribution in [1.29, 1.82) is 0 Å². The van der Waals surface area contributed by atoms with Gasteiger partial charge in [0, 0.05) is 34.1 Å². The fourth-order valence-corrected chi connectivity index (χ4v) is 8.42. The van der Waals surface area contributed by atoms with Crippen LogP contribution < -0.4 is 0 Å². The van der Waals surface area contributed by atoms with E-state index >= 15 is 0 Å². The van der Waals surface area contributed by atoms with Crippen LogP contribution in [0.3, 0.4) is 0 Å². The zero-order valence-corrected chi connectivity index (χ0v) is 26.6. The first-order chi connectivity index (χ1) is 20.8. The molecule has 0 saturated heterocycles. The van der Waals surface area contributed by atoms with E-state index in [0.717, 1.165) is 60.8 Å². The molecular weight excluding hydrogens is 552 g/mol. The third kappa shape index (κ3) is 4.05. The van der Waals surface area contributed by atoms with Gasteiger partial charge in [-0.2, -0.15) is 0 Å². The van der Waals surface area contributed by atoms with Crippen LogP contribution in [0, 0.1) is 11.8 Å². The second-order valence-electron chi connectivity index (χ2n) is 14.7. The summed E-state index contributed by atoms with van der Waals surface area (Å²) < 4.78 is 11.5. The minimum absolute atomic E-state index is 0.00655. The Kier molecular flexibility index (Phi) is 6.48. The van der Waals surface area contributed by atoms with Crippen molar-refractivity contribution in [3.05, 3.63) is 79.9 Å². The maximum atomic E-state index is 12.7. The number of Topliss-reactive ketones (excluding diaryl/α,β-unsaturated/α-hetero) is 4. The number of ketones is 4. The van der Waals surface area contributed by atoms with E-state index in [2.05, 4.69) is 39.8 Å². The zero-order valence-electron chi connectivity index (χ0n) is 26.6. The van der Waals surface area contributed by atoms with Crippen molar-refractivity contribution in [3.63, 3.8) is 0 Å². The summed E-state index contributed by atoms with van der Waals surface area (Å²) in [6, 6.07) is 8.23. The Hall–Kier alpha value is -3.80. The van der Waals surface area contributed by atoms with Crippen LogP contribution in [0.2, 0.25) is 0 Å². The first-order valence-electron chi connectivity index (χ1n) is 16.1. The zero-order chi connectivity index (χ0) is 31.3. The average molecular weight is 593 g/mol. The summed E-state index contributed by atoms with van der Waals surface area (Å²) >= 11 is 0. The smallest absolute Gasteiger partial charge is 0.234 e. The number of ether oxygens (including phenoxy) is 2. The largest absolute Gasteiger partial charge is 0.492 e. The molecule has 2 atom stereocenters. The molecule has 0 spiro atoms. The minimum Gasteiger partial charge on any atom is -0.492 e. The lowest BCUT2D eigenvalue weighted by atomic mass is 9.69. The summed E-state index contributed by atoms with van der Waals surface area (Å²) in [6.45, 7) is 13.7. The van der Waals surface area contributed by atoms with Gasteiger partial charge in [-0.15, -0.1) is 0 Å². The van der Waals surface area contributed by atoms with Crippen LogP contribution in [0.25, 0.3) is 11.5 Å². The van der Waals surface area contributed by atoms with Gasteiger partial charge in [-0.05, 0) is 71.6 Å². The van der Waals surface area contributed by atoms with Crippen LogP contribution in [0.1, 0.15) is 121 Å². The predicted molar refractivity (Wildman–Crippen MR) is 168 cm³/mol. The molecule has 44 heavy (non-hydrogen) atoms. The molecule has 0 radical (unpaired) electrons. The highest BCUT2D eigenvalue weighted by atomic mass is 16.5. The van der Waals surface area contributed by atoms with Crippen molar-refractivity contribution in [2.24, 2.45) is 11.8 Å². The molecule has 2 aromatic rings. The molecule has 0 fully saturated rings. The highest BCUT2D eigenvalue weighted by Gasteiger charge is 2.44. The van der Waals surface area contributed by atoms with Gasteiger partial charge in [0.15, 0.2) is 0 Å². The second-order valence-corrected chi connectivity index (χ2v) is 14.7. The van der Waals surface area contributed by atoms with E-state index in [1.807, 2.05) is 26.0 Å². The molecule has 2 heterocycles. The van der Waals surface area contributed by atoms with Crippen molar-refractivity contribution >= 4 is 34.7 Å². The molecule has 6 nitrogen and oxygen atoms in total. The number of hydrogen-bond donors (Lipinski definition) is 0. The van der Waals surface area contributed by atoms with Crippen molar-refractivity contribution < 1.29 is 28.7 Å². The van der Waals surface area contributed by atoms with Crippen molar-refractivity contribution in [2.45, 2.75) is 90.9 Å². The molecule has 8 rings (SSSR count). The SMILES string of the molecule is C[C@H]1COC2=C1C(=O)C(=O)c1c2ccc2c1CCCC2(C)C.C[C@H]1COC2=C1C(=O)C(=O)c1c2ccc2c1CCCC2(C)C. The average Bonchev–Trinajstić information content (AvgIpc) is 3.56. The van der Waals surface area contributed by atoms with E-state index in [1.165, 1.54) is 11.1 Å². The molecule has 0 saturated carbocycles. The number of rotatable bonds is 0. The first kappa shape index (κ1) is 28.9. The molecule has 0 unspecified atom stereocenters. The number of carbonyl (C=O) groups is 4. The second kappa shape index (κ2) is 9.85. The molecule has 6 heteroatoms. The molecule has 4 aliphatic carbocycles. The summed E-state index contributed by atoms with van der Waals surface area (Å²) in [6.07, 6.45) is 6.09. The van der Waals surface area contributed by atoms with Crippen LogP contribution >= 0.6 is 0 Å². The lowest BCUT2D eigenvalue weighted by Crippen LogP contribution is -2.31. The molecule has 0 N–H and O–H groups in total. The van der Waals surface area contributed by atoms with Gasteiger partial charge in [-0.3, -0.25) is 19.2 Å². The lowest BCUT2D eigenvalue weighted by molar-refractivity contribution is -0.112. The number of benzene rings is 2. The normalized spacial score (nSPS) is 25.5. The van der Waals surface area contributed by atoms with Crippen molar-refractivity contribution in [2.75, 3.05) is 13.2 Å². The summed E-state index contributed by atoms with van der Waals surface area (Å²) in [5, 5.41) is 0. The Bertz CT molecular complexity index is 1630. The number of carbonyl (C=O) groups excluding carboxylic acids is 4. The van der Waals surface area contributed by atoms with Gasteiger partial charge in [-0.1, -0.05) is 65.8 Å². The van der Waals surface area contributed by atoms with Gasteiger partial charge in [0.2, 0.25) is 23.1 Å². The maximum absolute atomic E-state index is 12.7. The first-order valence-corrected chi connectivity index (χ1v) is 16.1. The van der Waals surface area contributed by atoms with Crippen LogP contribution in [0.4, 0.5) is 0 Å². The van der Waals surface area contributed by atoms with Gasteiger partial charge in [-0.25, -0.2) is 0 Å². The standard InChI is InChI=1S/2C19H20O3/c2*1-10-9-22-18-12-6-7-13-11(5-4-8-19(13,2)3)15(12)17(21)16(20)14(10)18/h2*6-7,10H,4-5,8-9H2,1-3H3/t2*10-/m00/s1. The summed E-state index contributed by atoms with van der Waals surface area (Å²) in [5.41, 5.74) is 8.74. The van der Waals surface area contributed by atoms with Gasteiger partial charge in [0.05, 0.1) is 24.4 Å². The molecule has 2 aromatic carbocycles. The van der Waals surface area contributed by atoms with E-state index in [0.29, 0.717) is 47.0 Å². The molecule has 0 amide bonds. The van der Waals surface area contributed by atoms with Crippen LogP contribution in [0.15, 0.2) is 35.4 Å². The third-order valence-electron chi connectivity index (χ3n) is 10.8. The monoisotopic (exact) mass is 592 g/mol. The van der Waals surface area contributed by atoms with Crippen LogP contribution in [-0.4, -0.2) is 36.3 Å². The Morgan fingerprint density at radius 3 is 1.36 bits per heavy atom. The maximum Gasteiger partial charge on any atom is 0.234 e. The molecular formula is C38H40O6. The molecule has 0 aromatic heterocycles. The van der Waals surface area contributed by atoms with E-state index in [9.17, 15) is 19.2 Å². The van der Waals surface area contributed by atoms with Gasteiger partial charge >= 0.3 is 0 Å². The van der Waals surface area contributed by atoms with E-state index in [-0.39, 0.29) is 45.8 Å². The van der Waals surface area contributed by atoms with Crippen molar-refractivity contribution in [3.8, 4) is 0 Å². The van der Waals surface area contributed by atoms with Crippen molar-refractivity contribution in [1.82, 2.24) is 0 Å². The van der Waals surface area contributed by atoms with E-state index in [1.54, 1.807) is 0 Å². The minimum atomic E-state index is -0.357. The Morgan fingerprint density at radius 2 is 0.977 bits per heavy atom. The van der Waals surface area contributed by atoms with Crippen LogP contribution in [0.5, 0.6) is 0 Å². The predicted octanol–water partition coefficient (Wildman–Crippen LogP) is 6.89. The summed E-state index contributed by atoms with van der Waals surface area (Å²) in [4.78, 5) is 50.6. The Labute approximate surface area is 258 Å². The third-order valence-corrected chi connectivity index (χ3v) is 10.8. The fraction of sp³-hybridized carbons (Fsp3) is 0.474. The molecule has 6 aliphatic rings. The molecule has 2 aliphatic heterocycles. The van der Waals surface area contributed by atoms with Gasteiger partial charge in [0.1, 0.15) is 11.5 Å². The van der Waals surface area contributed by atoms with Crippen LogP contribution in [-0.2, 0) is 42.7 Å². The fourth-order valence-electron chi connectivity index (χ4n) is 8.42. The van der Waals surface area contributed by atoms with Gasteiger partial charge < -0.3 is 9.47 Å². The van der Waals surface area contributed by atoms with E-state index in [4.69, 9.17) is 9.47 Å². The van der Waals surface area contributed by atoms with E-state index < -0.39 is 0 Å². The quantitative estimate of drug-likeness (QED) is 0.310. The summed E-state index contributed by atoms with van der Waals surface area (Å²) in [7, 11) is 0. The molecule has 228 valence electrons. The highest BCUT2D eigenvalue weighted by Crippen LogP contribution is 2.47. The highest BCUT2D eigenvalue weighted by molar-refractivity contribution is 6.53. The lowest BCUT2D eigenvalue weighted by Gasteiger charge is -2.35. The topological polar surface area (TPSA) is 86.7 Å². The van der Waals surface area contributed by atoms with Gasteiger partial charge in [0.25, 0.3) is 0 Å². The Morgan fingerprint density at radius 1 is 0.591 bits per heavy atom. The number of fused-ring (bicyclic) bond motifs is 8. The number of hydrogen-bond acceptors (Lipinski definition) is 6. The Balaban J connectivity index is 0.000000142.